The molecule has 0 bridgehead atoms. The smallest absolute Gasteiger partial charge is 0.374 e. The monoisotopic (exact) mass is 597 g/mol. The molecule has 0 radical (unpaired) electrons. The topological polar surface area (TPSA) is 74.5 Å². The molecule has 40 heavy (non-hydrogen) atoms. The molecule has 0 aromatic heterocycles. The number of nitrogens with one attached hydrogen (secondary N) is 1. The summed E-state index contributed by atoms with van der Waals surface area (Å²) in [5.74, 6) is -0.768. The van der Waals surface area contributed by atoms with Gasteiger partial charge in [0.25, 0.3) is 11.5 Å². The SMILES string of the molecule is N#Cc1ccc(/C=C/C2=NOC(c3cc(Cl)cc(Cl)c3)(C(F)(F)F)C2)cc1NC(=O)c1ccc(C(F)(F)F)cc1. The van der Waals surface area contributed by atoms with Gasteiger partial charge in [-0.25, -0.2) is 0 Å². The van der Waals surface area contributed by atoms with Crippen LogP contribution in [0.4, 0.5) is 32.0 Å². The minimum Gasteiger partial charge on any atom is -0.374 e. The number of halogens is 8. The van der Waals surface area contributed by atoms with Crippen LogP contribution in [0.3, 0.4) is 0 Å². The number of carbonyl (C=O) groups is 1. The maximum atomic E-state index is 14.1. The summed E-state index contributed by atoms with van der Waals surface area (Å²) in [7, 11) is 0. The van der Waals surface area contributed by atoms with E-state index in [9.17, 15) is 36.4 Å². The number of oxime groups is 1. The van der Waals surface area contributed by atoms with E-state index in [1.807, 2.05) is 6.07 Å². The predicted octanol–water partition coefficient (Wildman–Crippen LogP) is 8.38. The predicted molar refractivity (Wildman–Crippen MR) is 137 cm³/mol. The van der Waals surface area contributed by atoms with Crippen molar-refractivity contribution in [2.75, 3.05) is 5.32 Å². The molecule has 1 aliphatic heterocycles. The molecular weight excluding hydrogens is 583 g/mol. The second kappa shape index (κ2) is 10.9. The van der Waals surface area contributed by atoms with E-state index in [1.165, 1.54) is 36.4 Å². The third-order valence-electron chi connectivity index (χ3n) is 5.89. The molecule has 3 aromatic carbocycles. The fourth-order valence-electron chi connectivity index (χ4n) is 3.87. The minimum absolute atomic E-state index is 0.0119. The lowest BCUT2D eigenvalue weighted by molar-refractivity contribution is -0.275. The van der Waals surface area contributed by atoms with Crippen LogP contribution in [0.25, 0.3) is 6.08 Å². The van der Waals surface area contributed by atoms with Crippen LogP contribution in [0.15, 0.2) is 71.9 Å². The van der Waals surface area contributed by atoms with E-state index >= 15 is 0 Å². The van der Waals surface area contributed by atoms with E-state index in [4.69, 9.17) is 28.0 Å². The maximum Gasteiger partial charge on any atom is 0.435 e. The fraction of sp³-hybridized carbons (Fsp3) is 0.148. The lowest BCUT2D eigenvalue weighted by Gasteiger charge is -2.29. The van der Waals surface area contributed by atoms with Crippen LogP contribution >= 0.6 is 23.2 Å². The average Bonchev–Trinajstić information content (AvgIpc) is 3.33. The number of nitriles is 1. The van der Waals surface area contributed by atoms with Gasteiger partial charge in [0.1, 0.15) is 6.07 Å². The van der Waals surface area contributed by atoms with Crippen LogP contribution < -0.4 is 5.32 Å². The van der Waals surface area contributed by atoms with Gasteiger partial charge in [0.2, 0.25) is 0 Å². The Morgan fingerprint density at radius 1 is 0.975 bits per heavy atom. The highest BCUT2D eigenvalue weighted by atomic mass is 35.5. The van der Waals surface area contributed by atoms with Crippen LogP contribution in [-0.2, 0) is 16.6 Å². The number of benzene rings is 3. The number of hydrogen-bond acceptors (Lipinski definition) is 4. The van der Waals surface area contributed by atoms with Crippen molar-refractivity contribution in [3.05, 3.63) is 105 Å². The Bertz CT molecular complexity index is 1540. The van der Waals surface area contributed by atoms with Crippen molar-refractivity contribution >= 4 is 46.6 Å². The zero-order valence-corrected chi connectivity index (χ0v) is 21.4. The molecule has 1 heterocycles. The third kappa shape index (κ3) is 6.08. The Labute approximate surface area is 233 Å². The summed E-state index contributed by atoms with van der Waals surface area (Å²) >= 11 is 11.8. The molecule has 5 nitrogen and oxygen atoms in total. The lowest BCUT2D eigenvalue weighted by Crippen LogP contribution is -2.42. The van der Waals surface area contributed by atoms with Crippen LogP contribution in [0, 0.1) is 11.3 Å². The van der Waals surface area contributed by atoms with Crippen molar-refractivity contribution in [1.82, 2.24) is 0 Å². The number of rotatable bonds is 5. The molecule has 1 amide bonds. The normalized spacial score (nSPS) is 17.3. The Morgan fingerprint density at radius 2 is 1.62 bits per heavy atom. The quantitative estimate of drug-likeness (QED) is 0.300. The van der Waals surface area contributed by atoms with Gasteiger partial charge < -0.3 is 10.2 Å². The molecular formula is C27H15Cl2F6N3O2. The third-order valence-corrected chi connectivity index (χ3v) is 6.33. The molecule has 0 spiro atoms. The highest BCUT2D eigenvalue weighted by Crippen LogP contribution is 2.49. The molecule has 3 aromatic rings. The van der Waals surface area contributed by atoms with E-state index in [0.29, 0.717) is 5.56 Å². The molecule has 0 aliphatic carbocycles. The van der Waals surface area contributed by atoms with Crippen molar-refractivity contribution in [3.63, 3.8) is 0 Å². The van der Waals surface area contributed by atoms with Gasteiger partial charge in [-0.15, -0.1) is 0 Å². The summed E-state index contributed by atoms with van der Waals surface area (Å²) in [5.41, 5.74) is -3.75. The number of alkyl halides is 6. The number of hydrogen-bond donors (Lipinski definition) is 1. The van der Waals surface area contributed by atoms with Crippen LogP contribution in [0.2, 0.25) is 10.0 Å². The summed E-state index contributed by atoms with van der Waals surface area (Å²) < 4.78 is 80.8. The molecule has 13 heteroatoms. The average molecular weight is 598 g/mol. The van der Waals surface area contributed by atoms with E-state index in [-0.39, 0.29) is 38.1 Å². The molecule has 206 valence electrons. The van der Waals surface area contributed by atoms with E-state index in [1.54, 1.807) is 0 Å². The summed E-state index contributed by atoms with van der Waals surface area (Å²) in [5, 5.41) is 15.4. The molecule has 1 unspecified atom stereocenters. The first kappa shape index (κ1) is 29.0. The molecule has 1 atom stereocenters. The van der Waals surface area contributed by atoms with Gasteiger partial charge >= 0.3 is 12.4 Å². The molecule has 0 saturated carbocycles. The van der Waals surface area contributed by atoms with Gasteiger partial charge in [-0.05, 0) is 66.2 Å². The summed E-state index contributed by atoms with van der Waals surface area (Å²) in [6, 6.07) is 13.1. The second-order valence-corrected chi connectivity index (χ2v) is 9.49. The Hall–Kier alpha value is -4.01. The van der Waals surface area contributed by atoms with Crippen molar-refractivity contribution in [2.45, 2.75) is 24.4 Å². The van der Waals surface area contributed by atoms with Crippen molar-refractivity contribution < 1.29 is 36.0 Å². The standard InChI is InChI=1S/C27H15Cl2F6N3O2/c28-20-10-19(11-21(29)12-20)25(27(33,34)35)13-22(38-40-25)8-2-15-1-3-17(14-36)23(9-15)37-24(39)16-4-6-18(7-5-16)26(30,31)32/h1-12H,13H2,(H,37,39)/b8-2+. The lowest BCUT2D eigenvalue weighted by atomic mass is 9.88. The summed E-state index contributed by atoms with van der Waals surface area (Å²) in [4.78, 5) is 17.5. The number of allylic oxidation sites excluding steroid dienone is 1. The first-order valence-corrected chi connectivity index (χ1v) is 12.0. The van der Waals surface area contributed by atoms with E-state index in [0.717, 1.165) is 36.4 Å². The van der Waals surface area contributed by atoms with Crippen molar-refractivity contribution in [2.24, 2.45) is 5.16 Å². The zero-order valence-electron chi connectivity index (χ0n) is 19.9. The van der Waals surface area contributed by atoms with Gasteiger partial charge in [0.05, 0.1) is 22.5 Å². The first-order chi connectivity index (χ1) is 18.7. The van der Waals surface area contributed by atoms with Crippen LogP contribution in [0.1, 0.15) is 39.0 Å². The summed E-state index contributed by atoms with van der Waals surface area (Å²) in [6.45, 7) is 0. The number of amides is 1. The van der Waals surface area contributed by atoms with E-state index < -0.39 is 35.8 Å². The number of anilines is 1. The minimum atomic E-state index is -4.87. The second-order valence-electron chi connectivity index (χ2n) is 8.61. The molecule has 1 aliphatic rings. The maximum absolute atomic E-state index is 14.1. The van der Waals surface area contributed by atoms with Crippen LogP contribution in [-0.4, -0.2) is 17.8 Å². The molecule has 4 rings (SSSR count). The largest absolute Gasteiger partial charge is 0.435 e. The fourth-order valence-corrected chi connectivity index (χ4v) is 4.39. The molecule has 1 N–H and O–H groups in total. The van der Waals surface area contributed by atoms with Gasteiger partial charge in [0, 0.05) is 27.6 Å². The van der Waals surface area contributed by atoms with Crippen molar-refractivity contribution in [3.8, 4) is 6.07 Å². The highest BCUT2D eigenvalue weighted by Gasteiger charge is 2.62. The number of nitrogens with zero attached hydrogens (tertiary/aromatic N) is 2. The van der Waals surface area contributed by atoms with Gasteiger partial charge in [-0.3, -0.25) is 4.79 Å². The van der Waals surface area contributed by atoms with Gasteiger partial charge in [0.15, 0.2) is 0 Å². The van der Waals surface area contributed by atoms with Gasteiger partial charge in [-0.1, -0.05) is 40.5 Å². The highest BCUT2D eigenvalue weighted by molar-refractivity contribution is 6.34. The molecule has 0 saturated heterocycles. The Morgan fingerprint density at radius 3 is 2.20 bits per heavy atom. The number of carbonyl (C=O) groups excluding carboxylic acids is 1. The Kier molecular flexibility index (Phi) is 7.87. The summed E-state index contributed by atoms with van der Waals surface area (Å²) in [6.07, 6.45) is -7.45. The Balaban J connectivity index is 1.54. The van der Waals surface area contributed by atoms with Crippen molar-refractivity contribution in [1.29, 1.82) is 5.26 Å². The first-order valence-electron chi connectivity index (χ1n) is 11.2. The zero-order chi connectivity index (χ0) is 29.3. The van der Waals surface area contributed by atoms with Gasteiger partial charge in [-0.2, -0.15) is 31.6 Å². The van der Waals surface area contributed by atoms with Crippen LogP contribution in [0.5, 0.6) is 0 Å². The van der Waals surface area contributed by atoms with E-state index in [2.05, 4.69) is 10.5 Å². The molecule has 0 fully saturated rings.